The average Bonchev–Trinajstić information content (AvgIpc) is 2.47. The Bertz CT molecular complexity index is 896. The number of aliphatic carboxylic acids is 1. The molecule has 23 heavy (non-hydrogen) atoms. The Morgan fingerprint density at radius 3 is 2.30 bits per heavy atom. The first-order chi connectivity index (χ1) is 10.7. The number of fused-ring (bicyclic) bond motifs is 1. The minimum absolute atomic E-state index is 0.330. The summed E-state index contributed by atoms with van der Waals surface area (Å²) in [4.78, 5) is 34.3. The van der Waals surface area contributed by atoms with Gasteiger partial charge in [0.15, 0.2) is 17.5 Å². The fourth-order valence-electron chi connectivity index (χ4n) is 2.10. The van der Waals surface area contributed by atoms with E-state index in [0.717, 1.165) is 0 Å². The standard InChI is InChI=1S/C13H8F3NO5S/c14-6-1-4-10(9(16)8(6)15)17(7(3-23)13(21)22)2-5(11(4)18)12(19)20/h1-2,7,23H,3H2,(H,19,20)(H,21,22). The Morgan fingerprint density at radius 1 is 1.22 bits per heavy atom. The van der Waals surface area contributed by atoms with E-state index in [4.69, 9.17) is 10.2 Å². The molecule has 0 spiro atoms. The van der Waals surface area contributed by atoms with Crippen molar-refractivity contribution in [3.63, 3.8) is 0 Å². The van der Waals surface area contributed by atoms with Gasteiger partial charge in [-0.25, -0.2) is 22.8 Å². The van der Waals surface area contributed by atoms with Crippen molar-refractivity contribution in [1.29, 1.82) is 0 Å². The number of aromatic nitrogens is 1. The highest BCUT2D eigenvalue weighted by Crippen LogP contribution is 2.25. The van der Waals surface area contributed by atoms with Crippen molar-refractivity contribution in [2.45, 2.75) is 6.04 Å². The molecule has 2 rings (SSSR count). The number of carboxylic acids is 2. The summed E-state index contributed by atoms with van der Waals surface area (Å²) < 4.78 is 41.4. The molecule has 122 valence electrons. The maximum atomic E-state index is 14.1. The van der Waals surface area contributed by atoms with Crippen LogP contribution in [0.1, 0.15) is 16.4 Å². The molecule has 0 saturated carbocycles. The molecule has 2 N–H and O–H groups in total. The van der Waals surface area contributed by atoms with Crippen LogP contribution in [0.4, 0.5) is 13.2 Å². The average molecular weight is 347 g/mol. The first-order valence-electron chi connectivity index (χ1n) is 6.00. The number of halogens is 3. The molecule has 0 aliphatic carbocycles. The summed E-state index contributed by atoms with van der Waals surface area (Å²) in [5.74, 6) is -9.05. The fraction of sp³-hybridized carbons (Fsp3) is 0.154. The lowest BCUT2D eigenvalue weighted by Gasteiger charge is -2.18. The fourth-order valence-corrected chi connectivity index (χ4v) is 2.43. The second kappa shape index (κ2) is 5.95. The van der Waals surface area contributed by atoms with Crippen molar-refractivity contribution in [3.8, 4) is 0 Å². The minimum Gasteiger partial charge on any atom is -0.480 e. The van der Waals surface area contributed by atoms with Crippen LogP contribution < -0.4 is 5.43 Å². The third-order valence-corrected chi connectivity index (χ3v) is 3.52. The lowest BCUT2D eigenvalue weighted by molar-refractivity contribution is -0.140. The molecule has 0 saturated heterocycles. The third-order valence-electron chi connectivity index (χ3n) is 3.18. The molecule has 0 fully saturated rings. The van der Waals surface area contributed by atoms with Crippen LogP contribution >= 0.6 is 12.6 Å². The molecule has 1 aromatic carbocycles. The minimum atomic E-state index is -1.91. The smallest absolute Gasteiger partial charge is 0.341 e. The number of benzene rings is 1. The van der Waals surface area contributed by atoms with E-state index in [2.05, 4.69) is 12.6 Å². The molecule has 1 heterocycles. The SMILES string of the molecule is O=C(O)c1cn(C(CS)C(=O)O)c2c(F)c(F)c(F)cc2c1=O. The van der Waals surface area contributed by atoms with Gasteiger partial charge in [0.05, 0.1) is 10.9 Å². The van der Waals surface area contributed by atoms with E-state index < -0.39 is 63.1 Å². The molecule has 6 nitrogen and oxygen atoms in total. The van der Waals surface area contributed by atoms with E-state index in [1.807, 2.05) is 0 Å². The Kier molecular flexibility index (Phi) is 4.37. The van der Waals surface area contributed by atoms with Gasteiger partial charge in [0.25, 0.3) is 0 Å². The quantitative estimate of drug-likeness (QED) is 0.578. The van der Waals surface area contributed by atoms with Gasteiger partial charge < -0.3 is 14.8 Å². The van der Waals surface area contributed by atoms with Gasteiger partial charge >= 0.3 is 11.9 Å². The molecule has 2 aromatic rings. The normalized spacial score (nSPS) is 12.3. The Hall–Kier alpha value is -2.49. The van der Waals surface area contributed by atoms with Crippen molar-refractivity contribution >= 4 is 35.5 Å². The summed E-state index contributed by atoms with van der Waals surface area (Å²) in [7, 11) is 0. The van der Waals surface area contributed by atoms with Gasteiger partial charge in [-0.15, -0.1) is 0 Å². The van der Waals surface area contributed by atoms with Crippen LogP contribution in [0.5, 0.6) is 0 Å². The number of hydrogen-bond donors (Lipinski definition) is 3. The highest BCUT2D eigenvalue weighted by atomic mass is 32.1. The van der Waals surface area contributed by atoms with Gasteiger partial charge in [-0.1, -0.05) is 0 Å². The van der Waals surface area contributed by atoms with Crippen molar-refractivity contribution < 1.29 is 33.0 Å². The Balaban J connectivity index is 3.09. The molecular weight excluding hydrogens is 339 g/mol. The van der Waals surface area contributed by atoms with E-state index in [1.165, 1.54) is 0 Å². The molecule has 0 bridgehead atoms. The van der Waals surface area contributed by atoms with E-state index >= 15 is 0 Å². The summed E-state index contributed by atoms with van der Waals surface area (Å²) in [6.45, 7) is 0. The van der Waals surface area contributed by atoms with Crippen LogP contribution in [0.25, 0.3) is 10.9 Å². The zero-order valence-corrected chi connectivity index (χ0v) is 12.0. The van der Waals surface area contributed by atoms with Gasteiger partial charge in [-0.05, 0) is 6.07 Å². The summed E-state index contributed by atoms with van der Waals surface area (Å²) >= 11 is 3.77. The number of hydrogen-bond acceptors (Lipinski definition) is 4. The largest absolute Gasteiger partial charge is 0.480 e. The summed E-state index contributed by atoms with van der Waals surface area (Å²) in [6.07, 6.45) is 0.572. The summed E-state index contributed by atoms with van der Waals surface area (Å²) in [6, 6.07) is -1.27. The van der Waals surface area contributed by atoms with Gasteiger partial charge in [0.2, 0.25) is 5.43 Å². The zero-order chi connectivity index (χ0) is 17.5. The highest BCUT2D eigenvalue weighted by Gasteiger charge is 2.27. The molecule has 10 heteroatoms. The van der Waals surface area contributed by atoms with Gasteiger partial charge in [0, 0.05) is 11.9 Å². The predicted molar refractivity (Wildman–Crippen MR) is 75.6 cm³/mol. The van der Waals surface area contributed by atoms with Crippen molar-refractivity contribution in [2.75, 3.05) is 5.75 Å². The highest BCUT2D eigenvalue weighted by molar-refractivity contribution is 7.80. The number of rotatable bonds is 4. The lowest BCUT2D eigenvalue weighted by Crippen LogP contribution is -2.27. The Morgan fingerprint density at radius 2 is 1.83 bits per heavy atom. The van der Waals surface area contributed by atoms with E-state index in [9.17, 15) is 27.6 Å². The number of carbonyl (C=O) groups is 2. The monoisotopic (exact) mass is 347 g/mol. The third kappa shape index (κ3) is 2.65. The second-order valence-electron chi connectivity index (χ2n) is 4.50. The Labute approximate surface area is 131 Å². The molecular formula is C13H8F3NO5S. The number of pyridine rings is 1. The molecule has 1 aromatic heterocycles. The first-order valence-corrected chi connectivity index (χ1v) is 6.63. The van der Waals surface area contributed by atoms with Crippen molar-refractivity contribution in [2.24, 2.45) is 0 Å². The molecule has 1 unspecified atom stereocenters. The van der Waals surface area contributed by atoms with Crippen LogP contribution in [0.2, 0.25) is 0 Å². The van der Waals surface area contributed by atoms with Crippen LogP contribution in [0.3, 0.4) is 0 Å². The van der Waals surface area contributed by atoms with Crippen LogP contribution in [0, 0.1) is 17.5 Å². The molecule has 1 atom stereocenters. The first kappa shape index (κ1) is 16.9. The molecule has 0 aliphatic rings. The topological polar surface area (TPSA) is 96.6 Å². The van der Waals surface area contributed by atoms with Crippen molar-refractivity contribution in [1.82, 2.24) is 4.57 Å². The maximum Gasteiger partial charge on any atom is 0.341 e. The van der Waals surface area contributed by atoms with Gasteiger partial charge in [-0.3, -0.25) is 4.79 Å². The second-order valence-corrected chi connectivity index (χ2v) is 4.87. The maximum absolute atomic E-state index is 14.1. The number of carboxylic acid groups (broad SMARTS) is 2. The molecule has 0 radical (unpaired) electrons. The van der Waals surface area contributed by atoms with E-state index in [1.54, 1.807) is 0 Å². The summed E-state index contributed by atoms with van der Waals surface area (Å²) in [5, 5.41) is 17.3. The number of thiol groups is 1. The van der Waals surface area contributed by atoms with Gasteiger partial charge in [0.1, 0.15) is 11.6 Å². The van der Waals surface area contributed by atoms with Crippen LogP contribution in [0.15, 0.2) is 17.1 Å². The van der Waals surface area contributed by atoms with Gasteiger partial charge in [-0.2, -0.15) is 12.6 Å². The lowest BCUT2D eigenvalue weighted by atomic mass is 10.1. The van der Waals surface area contributed by atoms with E-state index in [-0.39, 0.29) is 0 Å². The number of nitrogens with zero attached hydrogens (tertiary/aromatic N) is 1. The summed E-state index contributed by atoms with van der Waals surface area (Å²) in [5.41, 5.74) is -3.01. The molecule has 0 amide bonds. The number of aromatic carboxylic acids is 1. The van der Waals surface area contributed by atoms with Crippen molar-refractivity contribution in [3.05, 3.63) is 45.5 Å². The van der Waals surface area contributed by atoms with Crippen LogP contribution in [-0.4, -0.2) is 32.5 Å². The predicted octanol–water partition coefficient (Wildman–Crippen LogP) is 1.67. The zero-order valence-electron chi connectivity index (χ0n) is 11.1. The molecule has 0 aliphatic heterocycles. The van der Waals surface area contributed by atoms with E-state index in [0.29, 0.717) is 16.8 Å². The van der Waals surface area contributed by atoms with Crippen LogP contribution in [-0.2, 0) is 4.79 Å².